The van der Waals surface area contributed by atoms with E-state index >= 15 is 0 Å². The second-order valence-corrected chi connectivity index (χ2v) is 1.75. The fourth-order valence-corrected chi connectivity index (χ4v) is 0.396. The van der Waals surface area contributed by atoms with Crippen LogP contribution in [0.2, 0.25) is 0 Å². The second-order valence-electron chi connectivity index (χ2n) is 0.994. The number of carbonyl (C=O) groups excluding carboxylic acids is 1. The first-order valence-corrected chi connectivity index (χ1v) is 2.91. The maximum Gasteiger partial charge on any atom is 0.304 e. The van der Waals surface area contributed by atoms with Crippen molar-refractivity contribution in [2.24, 2.45) is 0 Å². The maximum absolute atomic E-state index is 10.2. The van der Waals surface area contributed by atoms with Gasteiger partial charge in [0.05, 0.1) is 0 Å². The summed E-state index contributed by atoms with van der Waals surface area (Å²) in [7, 11) is 1.29. The van der Waals surface area contributed by atoms with Gasteiger partial charge < -0.3 is 0 Å². The molecule has 0 aromatic heterocycles. The number of amides is 1. The number of hydroxylamine groups is 2. The van der Waals surface area contributed by atoms with Crippen LogP contribution in [-0.4, -0.2) is 28.8 Å². The summed E-state index contributed by atoms with van der Waals surface area (Å²) in [6.45, 7) is 0. The van der Waals surface area contributed by atoms with Crippen molar-refractivity contribution in [3.63, 3.8) is 0 Å². The number of carbonyl (C=O) groups is 1. The molecule has 0 atom stereocenters. The maximum atomic E-state index is 10.2. The Labute approximate surface area is 46.3 Å². The van der Waals surface area contributed by atoms with Crippen LogP contribution in [0.5, 0.6) is 0 Å². The summed E-state index contributed by atoms with van der Waals surface area (Å²) >= 11 is 0.970. The van der Waals surface area contributed by atoms with Gasteiger partial charge in [0.25, 0.3) is 0 Å². The van der Waals surface area contributed by atoms with Crippen LogP contribution in [0.3, 0.4) is 0 Å². The molecule has 0 aliphatic carbocycles. The normalized spacial score (nSPS) is 8.43. The van der Waals surface area contributed by atoms with Gasteiger partial charge in [-0.1, -0.05) is 11.8 Å². The van der Waals surface area contributed by atoms with Crippen LogP contribution in [0.25, 0.3) is 0 Å². The molecule has 0 radical (unpaired) electrons. The van der Waals surface area contributed by atoms with Gasteiger partial charge in [-0.05, 0) is 6.26 Å². The van der Waals surface area contributed by atoms with Gasteiger partial charge in [0.2, 0.25) is 0 Å². The lowest BCUT2D eigenvalue weighted by molar-refractivity contribution is -0.00547. The van der Waals surface area contributed by atoms with Gasteiger partial charge in [-0.2, -0.15) is 0 Å². The number of hydrogen-bond acceptors (Lipinski definition) is 3. The van der Waals surface area contributed by atoms with Crippen molar-refractivity contribution in [2.45, 2.75) is 0 Å². The Morgan fingerprint density at radius 2 is 2.29 bits per heavy atom. The first kappa shape index (κ1) is 6.78. The van der Waals surface area contributed by atoms with E-state index in [0.717, 1.165) is 11.8 Å². The lowest BCUT2D eigenvalue weighted by atomic mass is 11.2. The smallest absolute Gasteiger partial charge is 0.285 e. The average molecular weight is 121 g/mol. The molecule has 0 rings (SSSR count). The van der Waals surface area contributed by atoms with Crippen molar-refractivity contribution >= 4 is 17.0 Å². The summed E-state index contributed by atoms with van der Waals surface area (Å²) in [5.41, 5.74) is 0. The van der Waals surface area contributed by atoms with Crippen molar-refractivity contribution in [1.82, 2.24) is 5.06 Å². The first-order valence-electron chi connectivity index (χ1n) is 1.69. The molecule has 3 nitrogen and oxygen atoms in total. The van der Waals surface area contributed by atoms with Crippen molar-refractivity contribution < 1.29 is 10.0 Å². The molecule has 42 valence electrons. The summed E-state index contributed by atoms with van der Waals surface area (Å²) in [6.07, 6.45) is 1.61. The molecule has 1 amide bonds. The van der Waals surface area contributed by atoms with Crippen LogP contribution in [-0.2, 0) is 0 Å². The van der Waals surface area contributed by atoms with Gasteiger partial charge >= 0.3 is 5.24 Å². The Balaban J connectivity index is 3.35. The third-order valence-corrected chi connectivity index (χ3v) is 1.05. The average Bonchev–Trinajstić information content (AvgIpc) is 1.65. The third kappa shape index (κ3) is 2.47. The minimum atomic E-state index is -0.347. The van der Waals surface area contributed by atoms with E-state index in [2.05, 4.69) is 0 Å². The van der Waals surface area contributed by atoms with Crippen LogP contribution in [0.4, 0.5) is 4.79 Å². The van der Waals surface area contributed by atoms with Crippen LogP contribution in [0.1, 0.15) is 0 Å². The number of hydrogen-bond donors (Lipinski definition) is 1. The molecule has 0 aliphatic rings. The zero-order chi connectivity index (χ0) is 5.86. The summed E-state index contributed by atoms with van der Waals surface area (Å²) in [4.78, 5) is 10.2. The molecule has 0 fully saturated rings. The number of thioether (sulfide) groups is 1. The van der Waals surface area contributed by atoms with Crippen LogP contribution < -0.4 is 0 Å². The highest BCUT2D eigenvalue weighted by molar-refractivity contribution is 8.12. The zero-order valence-electron chi connectivity index (χ0n) is 4.21. The van der Waals surface area contributed by atoms with E-state index in [1.165, 1.54) is 7.05 Å². The highest BCUT2D eigenvalue weighted by Gasteiger charge is 1.98. The monoisotopic (exact) mass is 121 g/mol. The number of rotatable bonds is 0. The Bertz CT molecular complexity index is 73.3. The Morgan fingerprint density at radius 1 is 1.86 bits per heavy atom. The fraction of sp³-hybridized carbons (Fsp3) is 0.667. The van der Waals surface area contributed by atoms with Gasteiger partial charge in [-0.25, -0.2) is 5.06 Å². The van der Waals surface area contributed by atoms with Gasteiger partial charge in [0, 0.05) is 7.05 Å². The van der Waals surface area contributed by atoms with Gasteiger partial charge in [-0.15, -0.1) is 0 Å². The molecule has 0 aromatic rings. The highest BCUT2D eigenvalue weighted by Crippen LogP contribution is 1.96. The number of nitrogens with zero attached hydrogens (tertiary/aromatic N) is 1. The fourth-order valence-electron chi connectivity index (χ4n) is 0.132. The quantitative estimate of drug-likeness (QED) is 0.380. The zero-order valence-corrected chi connectivity index (χ0v) is 5.03. The van der Waals surface area contributed by atoms with Crippen molar-refractivity contribution in [3.8, 4) is 0 Å². The van der Waals surface area contributed by atoms with E-state index in [1.807, 2.05) is 0 Å². The molecule has 0 bridgehead atoms. The molecular weight excluding hydrogens is 114 g/mol. The van der Waals surface area contributed by atoms with E-state index in [1.54, 1.807) is 6.26 Å². The lowest BCUT2D eigenvalue weighted by Crippen LogP contribution is -2.16. The molecule has 0 aromatic carbocycles. The predicted molar refractivity (Wildman–Crippen MR) is 28.5 cm³/mol. The predicted octanol–water partition coefficient (Wildman–Crippen LogP) is 0.790. The van der Waals surface area contributed by atoms with Gasteiger partial charge in [0.15, 0.2) is 0 Å². The molecule has 4 heteroatoms. The molecule has 0 unspecified atom stereocenters. The van der Waals surface area contributed by atoms with Crippen LogP contribution >= 0.6 is 11.8 Å². The highest BCUT2D eigenvalue weighted by atomic mass is 32.2. The minimum absolute atomic E-state index is 0.347. The summed E-state index contributed by atoms with van der Waals surface area (Å²) < 4.78 is 0. The minimum Gasteiger partial charge on any atom is -0.285 e. The molecular formula is C3H7NO2S. The molecule has 0 heterocycles. The summed E-state index contributed by atoms with van der Waals surface area (Å²) in [5.74, 6) is 0. The summed E-state index contributed by atoms with van der Waals surface area (Å²) in [6, 6.07) is 0. The topological polar surface area (TPSA) is 40.5 Å². The lowest BCUT2D eigenvalue weighted by Gasteiger charge is -2.02. The van der Waals surface area contributed by atoms with Crippen molar-refractivity contribution in [2.75, 3.05) is 13.3 Å². The SMILES string of the molecule is CSC(=O)N(C)O. The van der Waals surface area contributed by atoms with E-state index in [9.17, 15) is 4.79 Å². The van der Waals surface area contributed by atoms with Crippen molar-refractivity contribution in [1.29, 1.82) is 0 Å². The largest absolute Gasteiger partial charge is 0.304 e. The van der Waals surface area contributed by atoms with E-state index in [4.69, 9.17) is 5.21 Å². The second kappa shape index (κ2) is 2.87. The Hall–Kier alpha value is -0.220. The molecule has 7 heavy (non-hydrogen) atoms. The van der Waals surface area contributed by atoms with E-state index in [0.29, 0.717) is 5.06 Å². The summed E-state index contributed by atoms with van der Waals surface area (Å²) in [5, 5.41) is 8.48. The standard InChI is InChI=1S/C3H7NO2S/c1-4(6)3(5)7-2/h6H,1-2H3. The van der Waals surface area contributed by atoms with Crippen molar-refractivity contribution in [3.05, 3.63) is 0 Å². The van der Waals surface area contributed by atoms with Gasteiger partial charge in [0.1, 0.15) is 0 Å². The Morgan fingerprint density at radius 3 is 2.29 bits per heavy atom. The molecule has 0 saturated heterocycles. The van der Waals surface area contributed by atoms with E-state index in [-0.39, 0.29) is 5.24 Å². The Kier molecular flexibility index (Phi) is 2.78. The molecule has 0 saturated carbocycles. The van der Waals surface area contributed by atoms with Crippen LogP contribution in [0, 0.1) is 0 Å². The van der Waals surface area contributed by atoms with Gasteiger partial charge in [-0.3, -0.25) is 10.0 Å². The first-order chi connectivity index (χ1) is 3.18. The molecule has 1 N–H and O–H groups in total. The molecule has 0 spiro atoms. The van der Waals surface area contributed by atoms with E-state index < -0.39 is 0 Å². The third-order valence-electron chi connectivity index (χ3n) is 0.439. The van der Waals surface area contributed by atoms with Crippen LogP contribution in [0.15, 0.2) is 0 Å². The molecule has 0 aliphatic heterocycles.